The van der Waals surface area contributed by atoms with E-state index in [1.807, 2.05) is 17.9 Å². The fraction of sp³-hybridized carbons (Fsp3) is 0.688. The van der Waals surface area contributed by atoms with Crippen LogP contribution in [0.1, 0.15) is 32.1 Å². The predicted octanol–water partition coefficient (Wildman–Crippen LogP) is 2.33. The molecule has 1 fully saturated rings. The van der Waals surface area contributed by atoms with Gasteiger partial charge in [0.2, 0.25) is 0 Å². The molecule has 1 aliphatic heterocycles. The van der Waals surface area contributed by atoms with Crippen molar-refractivity contribution in [3.8, 4) is 0 Å². The van der Waals surface area contributed by atoms with Crippen LogP contribution >= 0.6 is 0 Å². The number of aryl methyl sites for hydroxylation is 1. The number of nitrogens with one attached hydrogen (secondary N) is 1. The van der Waals surface area contributed by atoms with Gasteiger partial charge in [0.1, 0.15) is 0 Å². The van der Waals surface area contributed by atoms with E-state index in [-0.39, 0.29) is 0 Å². The fourth-order valence-corrected chi connectivity index (χ4v) is 3.32. The van der Waals surface area contributed by atoms with Crippen LogP contribution in [0.2, 0.25) is 0 Å². The molecule has 3 rings (SSSR count). The largest absolute Gasteiger partial charge is 0.367 e. The van der Waals surface area contributed by atoms with Gasteiger partial charge in [0.25, 0.3) is 0 Å². The summed E-state index contributed by atoms with van der Waals surface area (Å²) in [5.41, 5.74) is 1.26. The molecule has 1 aromatic rings. The monoisotopic (exact) mass is 274 g/mol. The van der Waals surface area contributed by atoms with Gasteiger partial charge in [-0.3, -0.25) is 4.68 Å². The van der Waals surface area contributed by atoms with Gasteiger partial charge in [0.15, 0.2) is 0 Å². The third-order valence-electron chi connectivity index (χ3n) is 4.55. The Morgan fingerprint density at radius 3 is 3.05 bits per heavy atom. The zero-order valence-corrected chi connectivity index (χ0v) is 12.5. The van der Waals surface area contributed by atoms with Crippen molar-refractivity contribution < 1.29 is 0 Å². The molecule has 1 N–H and O–H groups in total. The lowest BCUT2D eigenvalue weighted by Gasteiger charge is -2.34. The Bertz CT molecular complexity index is 451. The van der Waals surface area contributed by atoms with Crippen LogP contribution < -0.4 is 10.2 Å². The van der Waals surface area contributed by atoms with Crippen LogP contribution in [0.3, 0.4) is 0 Å². The number of piperidine rings is 1. The fourth-order valence-electron chi connectivity index (χ4n) is 3.32. The van der Waals surface area contributed by atoms with Crippen LogP contribution in [0, 0.1) is 5.92 Å². The zero-order valence-electron chi connectivity index (χ0n) is 12.5. The Balaban J connectivity index is 1.49. The first-order chi connectivity index (χ1) is 9.81. The highest BCUT2D eigenvalue weighted by atomic mass is 15.3. The number of aromatic nitrogens is 2. The van der Waals surface area contributed by atoms with E-state index < -0.39 is 0 Å². The summed E-state index contributed by atoms with van der Waals surface area (Å²) in [6, 6.07) is 0.634. The van der Waals surface area contributed by atoms with E-state index >= 15 is 0 Å². The molecular formula is C16H26N4. The average Bonchev–Trinajstić information content (AvgIpc) is 2.93. The summed E-state index contributed by atoms with van der Waals surface area (Å²) in [4.78, 5) is 2.47. The smallest absolute Gasteiger partial charge is 0.0752 e. The van der Waals surface area contributed by atoms with Crippen LogP contribution in [-0.4, -0.2) is 35.5 Å². The standard InChI is InChI=1S/C16H26N4/c1-19-13-16(11-18-19)20-9-5-8-15(12-20)17-10-14-6-3-2-4-7-14/h2-3,11,13-15,17H,4-10,12H2,1H3/t14-,15-/m0/s1. The minimum Gasteiger partial charge on any atom is -0.367 e. The van der Waals surface area contributed by atoms with Crippen LogP contribution in [0.5, 0.6) is 0 Å². The number of anilines is 1. The van der Waals surface area contributed by atoms with Gasteiger partial charge >= 0.3 is 0 Å². The zero-order chi connectivity index (χ0) is 13.8. The average molecular weight is 274 g/mol. The first kappa shape index (κ1) is 13.7. The minimum atomic E-state index is 0.634. The highest BCUT2D eigenvalue weighted by Crippen LogP contribution is 2.21. The van der Waals surface area contributed by atoms with E-state index in [2.05, 4.69) is 33.7 Å². The lowest BCUT2D eigenvalue weighted by Crippen LogP contribution is -2.47. The van der Waals surface area contributed by atoms with Crippen molar-refractivity contribution in [2.24, 2.45) is 13.0 Å². The number of rotatable bonds is 4. The van der Waals surface area contributed by atoms with Crippen LogP contribution in [0.25, 0.3) is 0 Å². The molecule has 4 heteroatoms. The van der Waals surface area contributed by atoms with Crippen LogP contribution in [-0.2, 0) is 7.05 Å². The quantitative estimate of drug-likeness (QED) is 0.856. The molecule has 110 valence electrons. The van der Waals surface area contributed by atoms with Crippen LogP contribution in [0.15, 0.2) is 24.5 Å². The first-order valence-electron chi connectivity index (χ1n) is 7.93. The summed E-state index contributed by atoms with van der Waals surface area (Å²) in [7, 11) is 1.99. The number of hydrogen-bond acceptors (Lipinski definition) is 3. The van der Waals surface area contributed by atoms with Gasteiger partial charge in [-0.2, -0.15) is 5.10 Å². The molecule has 2 aliphatic rings. The second-order valence-electron chi connectivity index (χ2n) is 6.22. The molecule has 0 radical (unpaired) electrons. The third kappa shape index (κ3) is 3.42. The van der Waals surface area contributed by atoms with Gasteiger partial charge in [0, 0.05) is 32.4 Å². The molecule has 0 saturated carbocycles. The Morgan fingerprint density at radius 1 is 1.35 bits per heavy atom. The maximum Gasteiger partial charge on any atom is 0.0752 e. The van der Waals surface area contributed by atoms with E-state index in [0.29, 0.717) is 6.04 Å². The lowest BCUT2D eigenvalue weighted by molar-refractivity contribution is 0.367. The summed E-state index contributed by atoms with van der Waals surface area (Å²) in [6.07, 6.45) is 15.2. The lowest BCUT2D eigenvalue weighted by atomic mass is 9.94. The van der Waals surface area contributed by atoms with Gasteiger partial charge in [-0.05, 0) is 44.6 Å². The second kappa shape index (κ2) is 6.44. The van der Waals surface area contributed by atoms with Crippen molar-refractivity contribution in [1.82, 2.24) is 15.1 Å². The molecule has 20 heavy (non-hydrogen) atoms. The molecule has 0 amide bonds. The molecule has 4 nitrogen and oxygen atoms in total. The third-order valence-corrected chi connectivity index (χ3v) is 4.55. The highest BCUT2D eigenvalue weighted by Gasteiger charge is 2.21. The normalized spacial score (nSPS) is 26.9. The van der Waals surface area contributed by atoms with Crippen molar-refractivity contribution in [3.05, 3.63) is 24.5 Å². The van der Waals surface area contributed by atoms with E-state index in [4.69, 9.17) is 0 Å². The summed E-state index contributed by atoms with van der Waals surface area (Å²) in [5, 5.41) is 8.08. The minimum absolute atomic E-state index is 0.634. The van der Waals surface area contributed by atoms with E-state index in [0.717, 1.165) is 19.0 Å². The summed E-state index contributed by atoms with van der Waals surface area (Å²) in [6.45, 7) is 3.46. The molecular weight excluding hydrogens is 248 g/mol. The maximum absolute atomic E-state index is 4.28. The summed E-state index contributed by atoms with van der Waals surface area (Å²) >= 11 is 0. The molecule has 1 saturated heterocycles. The molecule has 0 bridgehead atoms. The Kier molecular flexibility index (Phi) is 4.41. The Hall–Kier alpha value is -1.29. The molecule has 0 aromatic carbocycles. The molecule has 0 unspecified atom stereocenters. The van der Waals surface area contributed by atoms with E-state index in [1.165, 1.54) is 44.3 Å². The number of hydrogen-bond donors (Lipinski definition) is 1. The second-order valence-corrected chi connectivity index (χ2v) is 6.22. The Labute approximate surface area is 121 Å². The molecule has 1 aromatic heterocycles. The van der Waals surface area contributed by atoms with Crippen molar-refractivity contribution in [1.29, 1.82) is 0 Å². The van der Waals surface area contributed by atoms with Gasteiger partial charge in [0.05, 0.1) is 11.9 Å². The number of allylic oxidation sites excluding steroid dienone is 2. The van der Waals surface area contributed by atoms with Crippen LogP contribution in [0.4, 0.5) is 5.69 Å². The maximum atomic E-state index is 4.28. The van der Waals surface area contributed by atoms with Gasteiger partial charge in [-0.15, -0.1) is 0 Å². The van der Waals surface area contributed by atoms with Gasteiger partial charge in [-0.25, -0.2) is 0 Å². The van der Waals surface area contributed by atoms with Gasteiger partial charge < -0.3 is 10.2 Å². The van der Waals surface area contributed by atoms with E-state index in [1.54, 1.807) is 0 Å². The molecule has 2 heterocycles. The van der Waals surface area contributed by atoms with Crippen molar-refractivity contribution >= 4 is 5.69 Å². The Morgan fingerprint density at radius 2 is 2.30 bits per heavy atom. The first-order valence-corrected chi connectivity index (χ1v) is 7.93. The molecule has 1 aliphatic carbocycles. The molecule has 0 spiro atoms. The van der Waals surface area contributed by atoms with Gasteiger partial charge in [-0.1, -0.05) is 12.2 Å². The van der Waals surface area contributed by atoms with Crippen molar-refractivity contribution in [3.63, 3.8) is 0 Å². The van der Waals surface area contributed by atoms with Crippen molar-refractivity contribution in [2.45, 2.75) is 38.1 Å². The summed E-state index contributed by atoms with van der Waals surface area (Å²) < 4.78 is 1.89. The number of nitrogens with zero attached hydrogens (tertiary/aromatic N) is 3. The SMILES string of the molecule is Cn1cc(N2CCC[C@H](NC[C@H]3CC=CCC3)C2)cn1. The van der Waals surface area contributed by atoms with E-state index in [9.17, 15) is 0 Å². The predicted molar refractivity (Wildman–Crippen MR) is 82.9 cm³/mol. The van der Waals surface area contributed by atoms with Crippen molar-refractivity contribution in [2.75, 3.05) is 24.5 Å². The topological polar surface area (TPSA) is 33.1 Å². The molecule has 2 atom stereocenters. The summed E-state index contributed by atoms with van der Waals surface area (Å²) in [5.74, 6) is 0.841. The highest BCUT2D eigenvalue weighted by molar-refractivity contribution is 5.42.